The van der Waals surface area contributed by atoms with Crippen LogP contribution in [0, 0.1) is 0 Å². The van der Waals surface area contributed by atoms with Gasteiger partial charge in [0.15, 0.2) is 0 Å². The van der Waals surface area contributed by atoms with E-state index < -0.39 is 0 Å². The van der Waals surface area contributed by atoms with Gasteiger partial charge in [-0.1, -0.05) is 34.8 Å². The average Bonchev–Trinajstić information content (AvgIpc) is 2.26. The predicted octanol–water partition coefficient (Wildman–Crippen LogP) is 3.69. The maximum absolute atomic E-state index is 6.00. The zero-order valence-electron chi connectivity index (χ0n) is 7.92. The zero-order valence-corrected chi connectivity index (χ0v) is 10.2. The van der Waals surface area contributed by atoms with Crippen LogP contribution in [-0.2, 0) is 0 Å². The molecule has 3 nitrogen and oxygen atoms in total. The van der Waals surface area contributed by atoms with Crippen molar-refractivity contribution in [1.82, 2.24) is 9.97 Å². The molecule has 2 heterocycles. The number of hydrogen-bond donors (Lipinski definition) is 1. The molecule has 0 unspecified atom stereocenters. The lowest BCUT2D eigenvalue weighted by Crippen LogP contribution is -1.92. The second kappa shape index (κ2) is 4.45. The standard InChI is InChI=1S/C10H6Cl3N3/c11-7-1-5(3-16-10(7)14)6-2-9(13)15-4-8(6)12/h1-4H,(H2,14,16). The van der Waals surface area contributed by atoms with Crippen molar-refractivity contribution in [1.29, 1.82) is 0 Å². The Morgan fingerprint density at radius 2 is 1.69 bits per heavy atom. The summed E-state index contributed by atoms with van der Waals surface area (Å²) < 4.78 is 0. The molecule has 0 spiro atoms. The van der Waals surface area contributed by atoms with Gasteiger partial charge in [-0.05, 0) is 12.1 Å². The minimum Gasteiger partial charge on any atom is -0.382 e. The third-order valence-corrected chi connectivity index (χ3v) is 2.81. The second-order valence-corrected chi connectivity index (χ2v) is 4.28. The fourth-order valence-electron chi connectivity index (χ4n) is 1.23. The average molecular weight is 275 g/mol. The van der Waals surface area contributed by atoms with Gasteiger partial charge in [0.1, 0.15) is 11.0 Å². The Morgan fingerprint density at radius 1 is 0.938 bits per heavy atom. The van der Waals surface area contributed by atoms with Crippen LogP contribution in [-0.4, -0.2) is 9.97 Å². The summed E-state index contributed by atoms with van der Waals surface area (Å²) in [6, 6.07) is 3.33. The molecule has 0 aliphatic carbocycles. The molecule has 0 fully saturated rings. The van der Waals surface area contributed by atoms with Gasteiger partial charge in [-0.2, -0.15) is 0 Å². The molecule has 0 amide bonds. The van der Waals surface area contributed by atoms with Crippen molar-refractivity contribution in [3.8, 4) is 11.1 Å². The van der Waals surface area contributed by atoms with Crippen molar-refractivity contribution in [2.75, 3.05) is 5.73 Å². The monoisotopic (exact) mass is 273 g/mol. The van der Waals surface area contributed by atoms with Crippen LogP contribution in [0.25, 0.3) is 11.1 Å². The summed E-state index contributed by atoms with van der Waals surface area (Å²) in [4.78, 5) is 7.81. The molecule has 2 aromatic heterocycles. The molecule has 0 saturated heterocycles. The fraction of sp³-hybridized carbons (Fsp3) is 0. The lowest BCUT2D eigenvalue weighted by Gasteiger charge is -2.05. The number of nitrogens with zero attached hydrogens (tertiary/aromatic N) is 2. The Balaban J connectivity index is 2.58. The molecule has 0 saturated carbocycles. The third-order valence-electron chi connectivity index (χ3n) is 2.00. The van der Waals surface area contributed by atoms with E-state index in [4.69, 9.17) is 40.5 Å². The van der Waals surface area contributed by atoms with Crippen LogP contribution in [0.15, 0.2) is 24.5 Å². The van der Waals surface area contributed by atoms with Crippen LogP contribution in [0.5, 0.6) is 0 Å². The maximum atomic E-state index is 6.00. The van der Waals surface area contributed by atoms with Gasteiger partial charge >= 0.3 is 0 Å². The Morgan fingerprint density at radius 3 is 2.38 bits per heavy atom. The van der Waals surface area contributed by atoms with Crippen LogP contribution < -0.4 is 5.73 Å². The molecule has 16 heavy (non-hydrogen) atoms. The fourth-order valence-corrected chi connectivity index (χ4v) is 1.77. The number of aromatic nitrogens is 2. The molecule has 0 aliphatic rings. The summed E-state index contributed by atoms with van der Waals surface area (Å²) in [6.45, 7) is 0. The quantitative estimate of drug-likeness (QED) is 0.807. The van der Waals surface area contributed by atoms with E-state index in [0.717, 1.165) is 11.1 Å². The molecular weight excluding hydrogens is 268 g/mol. The van der Waals surface area contributed by atoms with E-state index in [1.165, 1.54) is 6.20 Å². The van der Waals surface area contributed by atoms with Gasteiger partial charge in [0.2, 0.25) is 0 Å². The molecular formula is C10H6Cl3N3. The van der Waals surface area contributed by atoms with Crippen molar-refractivity contribution >= 4 is 40.6 Å². The Hall–Kier alpha value is -1.03. The molecule has 0 aromatic carbocycles. The molecule has 0 atom stereocenters. The van der Waals surface area contributed by atoms with Crippen LogP contribution in [0.2, 0.25) is 15.2 Å². The number of nitrogens with two attached hydrogens (primary N) is 1. The van der Waals surface area contributed by atoms with E-state index in [1.807, 2.05) is 0 Å². The topological polar surface area (TPSA) is 51.8 Å². The van der Waals surface area contributed by atoms with E-state index >= 15 is 0 Å². The lowest BCUT2D eigenvalue weighted by molar-refractivity contribution is 1.31. The lowest BCUT2D eigenvalue weighted by atomic mass is 10.1. The van der Waals surface area contributed by atoms with Crippen molar-refractivity contribution in [3.63, 3.8) is 0 Å². The Bertz CT molecular complexity index is 543. The van der Waals surface area contributed by atoms with E-state index in [0.29, 0.717) is 15.2 Å². The highest BCUT2D eigenvalue weighted by atomic mass is 35.5. The summed E-state index contributed by atoms with van der Waals surface area (Å²) in [5.41, 5.74) is 6.98. The van der Waals surface area contributed by atoms with Crippen LogP contribution in [0.1, 0.15) is 0 Å². The highest BCUT2D eigenvalue weighted by Gasteiger charge is 2.07. The van der Waals surface area contributed by atoms with Gasteiger partial charge in [0.05, 0.1) is 10.0 Å². The second-order valence-electron chi connectivity index (χ2n) is 3.08. The molecule has 2 N–H and O–H groups in total. The molecule has 2 aromatic rings. The summed E-state index contributed by atoms with van der Waals surface area (Å²) in [5, 5.41) is 1.21. The van der Waals surface area contributed by atoms with Gasteiger partial charge in [-0.25, -0.2) is 9.97 Å². The van der Waals surface area contributed by atoms with E-state index in [9.17, 15) is 0 Å². The first-order valence-electron chi connectivity index (χ1n) is 4.30. The molecule has 0 bridgehead atoms. The normalized spacial score (nSPS) is 10.4. The predicted molar refractivity (Wildman–Crippen MR) is 66.9 cm³/mol. The first-order chi connectivity index (χ1) is 7.58. The summed E-state index contributed by atoms with van der Waals surface area (Å²) in [6.07, 6.45) is 3.06. The van der Waals surface area contributed by atoms with Gasteiger partial charge in [0, 0.05) is 23.5 Å². The molecule has 0 radical (unpaired) electrons. The van der Waals surface area contributed by atoms with Crippen molar-refractivity contribution in [2.45, 2.75) is 0 Å². The van der Waals surface area contributed by atoms with Gasteiger partial charge < -0.3 is 5.73 Å². The van der Waals surface area contributed by atoms with Crippen LogP contribution >= 0.6 is 34.8 Å². The number of halogens is 3. The number of nitrogen functional groups attached to an aromatic ring is 1. The van der Waals surface area contributed by atoms with E-state index in [1.54, 1.807) is 18.3 Å². The van der Waals surface area contributed by atoms with Gasteiger partial charge in [0.25, 0.3) is 0 Å². The molecule has 2 rings (SSSR count). The first-order valence-corrected chi connectivity index (χ1v) is 5.44. The Labute approximate surface area is 107 Å². The van der Waals surface area contributed by atoms with Crippen molar-refractivity contribution < 1.29 is 0 Å². The van der Waals surface area contributed by atoms with Gasteiger partial charge in [-0.15, -0.1) is 0 Å². The van der Waals surface area contributed by atoms with Crippen LogP contribution in [0.4, 0.5) is 5.82 Å². The third kappa shape index (κ3) is 2.21. The molecule has 82 valence electrons. The maximum Gasteiger partial charge on any atom is 0.142 e. The highest BCUT2D eigenvalue weighted by Crippen LogP contribution is 2.31. The number of anilines is 1. The summed E-state index contributed by atoms with van der Waals surface area (Å²) >= 11 is 17.7. The van der Waals surface area contributed by atoms with Crippen molar-refractivity contribution in [3.05, 3.63) is 39.7 Å². The minimum absolute atomic E-state index is 0.279. The SMILES string of the molecule is Nc1ncc(-c2cc(Cl)ncc2Cl)cc1Cl. The minimum atomic E-state index is 0.279. The number of pyridine rings is 2. The smallest absolute Gasteiger partial charge is 0.142 e. The highest BCUT2D eigenvalue weighted by molar-refractivity contribution is 6.35. The first kappa shape index (κ1) is 11.5. The molecule has 0 aliphatic heterocycles. The van der Waals surface area contributed by atoms with E-state index in [2.05, 4.69) is 9.97 Å². The number of hydrogen-bond acceptors (Lipinski definition) is 3. The summed E-state index contributed by atoms with van der Waals surface area (Å²) in [7, 11) is 0. The van der Waals surface area contributed by atoms with E-state index in [-0.39, 0.29) is 5.82 Å². The number of rotatable bonds is 1. The zero-order chi connectivity index (χ0) is 11.7. The largest absolute Gasteiger partial charge is 0.382 e. The Kier molecular flexibility index (Phi) is 3.19. The van der Waals surface area contributed by atoms with Crippen LogP contribution in [0.3, 0.4) is 0 Å². The van der Waals surface area contributed by atoms with Crippen molar-refractivity contribution in [2.24, 2.45) is 0 Å². The molecule has 6 heteroatoms. The summed E-state index contributed by atoms with van der Waals surface area (Å²) in [5.74, 6) is 0.279. The van der Waals surface area contributed by atoms with Gasteiger partial charge in [-0.3, -0.25) is 0 Å².